The zero-order valence-corrected chi connectivity index (χ0v) is 19.3. The fourth-order valence-corrected chi connectivity index (χ4v) is 4.23. The molecule has 2 aliphatic rings. The van der Waals surface area contributed by atoms with Crippen molar-refractivity contribution in [3.05, 3.63) is 48.2 Å². The predicted octanol–water partition coefficient (Wildman–Crippen LogP) is 1.62. The number of anilines is 3. The van der Waals surface area contributed by atoms with E-state index in [4.69, 9.17) is 25.9 Å². The van der Waals surface area contributed by atoms with Crippen LogP contribution in [0.25, 0.3) is 11.3 Å². The fraction of sp³-hybridized carbons (Fsp3) is 0.375. The van der Waals surface area contributed by atoms with Crippen LogP contribution < -0.4 is 21.1 Å². The van der Waals surface area contributed by atoms with Crippen molar-refractivity contribution < 1.29 is 14.3 Å². The van der Waals surface area contributed by atoms with E-state index in [9.17, 15) is 4.79 Å². The van der Waals surface area contributed by atoms with Gasteiger partial charge in [-0.05, 0) is 12.1 Å². The molecule has 11 heteroatoms. The van der Waals surface area contributed by atoms with Crippen molar-refractivity contribution >= 4 is 23.6 Å². The lowest BCUT2D eigenvalue weighted by Crippen LogP contribution is -2.42. The summed E-state index contributed by atoms with van der Waals surface area (Å²) in [5.74, 6) is 1.36. The van der Waals surface area contributed by atoms with E-state index in [0.29, 0.717) is 80.9 Å². The number of hydrogen-bond acceptors (Lipinski definition) is 10. The van der Waals surface area contributed by atoms with E-state index >= 15 is 0 Å². The van der Waals surface area contributed by atoms with Crippen LogP contribution in [0.3, 0.4) is 0 Å². The summed E-state index contributed by atoms with van der Waals surface area (Å²) < 4.78 is 11.8. The molecule has 1 aromatic carbocycles. The minimum absolute atomic E-state index is 0.0433. The maximum atomic E-state index is 12.8. The van der Waals surface area contributed by atoms with Crippen LogP contribution >= 0.6 is 0 Å². The van der Waals surface area contributed by atoms with Crippen molar-refractivity contribution in [2.75, 3.05) is 55.8 Å². The van der Waals surface area contributed by atoms with Crippen molar-refractivity contribution in [3.8, 4) is 17.1 Å². The first-order chi connectivity index (χ1) is 17.1. The summed E-state index contributed by atoms with van der Waals surface area (Å²) >= 11 is 0. The summed E-state index contributed by atoms with van der Waals surface area (Å²) in [5, 5.41) is 0. The first kappa shape index (κ1) is 22.8. The third-order valence-corrected chi connectivity index (χ3v) is 6.13. The number of morpholine rings is 1. The summed E-state index contributed by atoms with van der Waals surface area (Å²) in [6.07, 6.45) is 2.89. The van der Waals surface area contributed by atoms with Gasteiger partial charge in [0.25, 0.3) is 5.91 Å². The number of nitrogens with zero attached hydrogens (tertiary/aromatic N) is 6. The number of aromatic nitrogens is 4. The Hall–Kier alpha value is -3.99. The Balaban J connectivity index is 1.34. The average molecular weight is 477 g/mol. The SMILES string of the molecule is Nc1ncc(-c2cc(OC3CCN(C(=O)c4ccccc4)CC3)nc(N3CCOCC3)n2)c(N)n1. The lowest BCUT2D eigenvalue weighted by molar-refractivity contribution is 0.0587. The Kier molecular flexibility index (Phi) is 6.57. The Labute approximate surface area is 203 Å². The summed E-state index contributed by atoms with van der Waals surface area (Å²) in [7, 11) is 0. The van der Waals surface area contributed by atoms with E-state index in [0.717, 1.165) is 0 Å². The van der Waals surface area contributed by atoms with E-state index < -0.39 is 0 Å². The molecule has 0 radical (unpaired) electrons. The molecule has 2 aliphatic heterocycles. The van der Waals surface area contributed by atoms with Crippen LogP contribution in [0.1, 0.15) is 23.2 Å². The van der Waals surface area contributed by atoms with Gasteiger partial charge in [-0.3, -0.25) is 4.79 Å². The molecule has 35 heavy (non-hydrogen) atoms. The smallest absolute Gasteiger partial charge is 0.253 e. The number of nitrogens with two attached hydrogens (primary N) is 2. The molecule has 4 N–H and O–H groups in total. The van der Waals surface area contributed by atoms with Crippen LogP contribution in [0.5, 0.6) is 5.88 Å². The van der Waals surface area contributed by atoms with Crippen molar-refractivity contribution in [2.45, 2.75) is 18.9 Å². The third-order valence-electron chi connectivity index (χ3n) is 6.13. The first-order valence-corrected chi connectivity index (χ1v) is 11.7. The molecule has 182 valence electrons. The van der Waals surface area contributed by atoms with E-state index in [1.807, 2.05) is 35.2 Å². The molecule has 2 aromatic heterocycles. The molecule has 0 saturated carbocycles. The lowest BCUT2D eigenvalue weighted by Gasteiger charge is -2.32. The Bertz CT molecular complexity index is 1180. The fourth-order valence-electron chi connectivity index (χ4n) is 4.23. The number of hydrogen-bond donors (Lipinski definition) is 2. The van der Waals surface area contributed by atoms with Crippen molar-refractivity contribution in [2.24, 2.45) is 0 Å². The highest BCUT2D eigenvalue weighted by Crippen LogP contribution is 2.29. The maximum absolute atomic E-state index is 12.8. The lowest BCUT2D eigenvalue weighted by atomic mass is 10.1. The number of carbonyl (C=O) groups excluding carboxylic acids is 1. The van der Waals surface area contributed by atoms with Gasteiger partial charge in [0, 0.05) is 56.8 Å². The van der Waals surface area contributed by atoms with Gasteiger partial charge in [0.2, 0.25) is 17.8 Å². The molecule has 1 amide bonds. The van der Waals surface area contributed by atoms with Gasteiger partial charge in [-0.1, -0.05) is 18.2 Å². The zero-order valence-electron chi connectivity index (χ0n) is 19.3. The molecular weight excluding hydrogens is 448 g/mol. The highest BCUT2D eigenvalue weighted by Gasteiger charge is 2.26. The van der Waals surface area contributed by atoms with Crippen LogP contribution in [0.2, 0.25) is 0 Å². The summed E-state index contributed by atoms with van der Waals surface area (Å²) in [4.78, 5) is 34.2. The Morgan fingerprint density at radius 1 is 1.00 bits per heavy atom. The molecule has 0 atom stereocenters. The van der Waals surface area contributed by atoms with Gasteiger partial charge < -0.3 is 30.7 Å². The molecule has 0 spiro atoms. The quantitative estimate of drug-likeness (QED) is 0.557. The maximum Gasteiger partial charge on any atom is 0.253 e. The molecule has 5 rings (SSSR count). The molecular formula is C24H28N8O3. The number of amides is 1. The number of ether oxygens (including phenoxy) is 2. The van der Waals surface area contributed by atoms with Crippen molar-refractivity contribution in [1.82, 2.24) is 24.8 Å². The molecule has 2 saturated heterocycles. The topological polar surface area (TPSA) is 146 Å². The summed E-state index contributed by atoms with van der Waals surface area (Å²) in [5.41, 5.74) is 13.6. The second kappa shape index (κ2) is 10.1. The minimum Gasteiger partial charge on any atom is -0.474 e. The monoisotopic (exact) mass is 476 g/mol. The summed E-state index contributed by atoms with van der Waals surface area (Å²) in [6.45, 7) is 3.79. The number of likely N-dealkylation sites (tertiary alicyclic amines) is 1. The average Bonchev–Trinajstić information content (AvgIpc) is 2.89. The van der Waals surface area contributed by atoms with Crippen LogP contribution in [0.15, 0.2) is 42.6 Å². The first-order valence-electron chi connectivity index (χ1n) is 11.7. The molecule has 0 bridgehead atoms. The molecule has 4 heterocycles. The number of carbonyl (C=O) groups is 1. The van der Waals surface area contributed by atoms with Gasteiger partial charge >= 0.3 is 0 Å². The number of benzene rings is 1. The highest BCUT2D eigenvalue weighted by atomic mass is 16.5. The van der Waals surface area contributed by atoms with E-state index in [-0.39, 0.29) is 23.8 Å². The van der Waals surface area contributed by atoms with E-state index in [2.05, 4.69) is 19.9 Å². The molecule has 3 aromatic rings. The van der Waals surface area contributed by atoms with E-state index in [1.54, 1.807) is 12.3 Å². The summed E-state index contributed by atoms with van der Waals surface area (Å²) in [6, 6.07) is 11.1. The minimum atomic E-state index is -0.0740. The van der Waals surface area contributed by atoms with Gasteiger partial charge in [-0.15, -0.1) is 0 Å². The second-order valence-corrected chi connectivity index (χ2v) is 8.49. The van der Waals surface area contributed by atoms with Gasteiger partial charge in [-0.25, -0.2) is 9.97 Å². The zero-order chi connectivity index (χ0) is 24.2. The van der Waals surface area contributed by atoms with Crippen molar-refractivity contribution in [3.63, 3.8) is 0 Å². The molecule has 0 unspecified atom stereocenters. The van der Waals surface area contributed by atoms with Gasteiger partial charge in [-0.2, -0.15) is 9.97 Å². The van der Waals surface area contributed by atoms with Crippen LogP contribution in [0.4, 0.5) is 17.7 Å². The van der Waals surface area contributed by atoms with Crippen LogP contribution in [-0.4, -0.2) is 76.2 Å². The molecule has 0 aliphatic carbocycles. The van der Waals surface area contributed by atoms with Crippen LogP contribution in [-0.2, 0) is 4.74 Å². The largest absolute Gasteiger partial charge is 0.474 e. The second-order valence-electron chi connectivity index (χ2n) is 8.49. The van der Waals surface area contributed by atoms with E-state index in [1.165, 1.54) is 0 Å². The molecule has 11 nitrogen and oxygen atoms in total. The van der Waals surface area contributed by atoms with Crippen molar-refractivity contribution in [1.29, 1.82) is 0 Å². The number of piperidine rings is 1. The third kappa shape index (κ3) is 5.24. The Morgan fingerprint density at radius 2 is 1.74 bits per heavy atom. The molecule has 2 fully saturated rings. The Morgan fingerprint density at radius 3 is 2.46 bits per heavy atom. The van der Waals surface area contributed by atoms with Crippen LogP contribution in [0, 0.1) is 0 Å². The standard InChI is InChI=1S/C24H28N8O3/c25-21-18(15-27-23(26)30-21)19-14-20(29-24(28-19)32-10-12-34-13-11-32)35-17-6-8-31(9-7-17)22(33)16-4-2-1-3-5-16/h1-5,14-15,17H,6-13H2,(H4,25,26,27,30). The number of rotatable bonds is 5. The van der Waals surface area contributed by atoms with Gasteiger partial charge in [0.15, 0.2) is 0 Å². The predicted molar refractivity (Wildman–Crippen MR) is 131 cm³/mol. The number of nitrogen functional groups attached to an aromatic ring is 2. The normalized spacial score (nSPS) is 16.8. The van der Waals surface area contributed by atoms with Gasteiger partial charge in [0.05, 0.1) is 24.5 Å². The van der Waals surface area contributed by atoms with Gasteiger partial charge in [0.1, 0.15) is 11.9 Å². The highest BCUT2D eigenvalue weighted by molar-refractivity contribution is 5.94.